The van der Waals surface area contributed by atoms with Crippen LogP contribution >= 0.6 is 0 Å². The fourth-order valence-electron chi connectivity index (χ4n) is 6.20. The molecule has 0 N–H and O–H groups in total. The zero-order valence-corrected chi connectivity index (χ0v) is 26.3. The average Bonchev–Trinajstić information content (AvgIpc) is 3.34. The Hall–Kier alpha value is 0. The molecule has 5 rings (SSSR count). The normalized spacial score (nSPS) is 30.5. The van der Waals surface area contributed by atoms with Gasteiger partial charge in [0.2, 0.25) is 0 Å². The van der Waals surface area contributed by atoms with E-state index in [1.54, 1.807) is 25.7 Å². The second kappa shape index (κ2) is 24.3. The zero-order chi connectivity index (χ0) is 26.3. The third-order valence-electron chi connectivity index (χ3n) is 9.33. The molecule has 0 saturated heterocycles. The molecule has 0 aliphatic heterocycles. The van der Waals surface area contributed by atoms with Gasteiger partial charge in [-0.25, -0.2) is 0 Å². The van der Waals surface area contributed by atoms with Gasteiger partial charge in [-0.2, -0.15) is 0 Å². The Morgan fingerprint density at radius 3 is 0.629 bits per heavy atom. The molecular formula is C35H72. The molecule has 0 atom stereocenters. The first kappa shape index (κ1) is 35.0. The lowest BCUT2D eigenvalue weighted by atomic mass is 9.70. The van der Waals surface area contributed by atoms with E-state index in [2.05, 4.69) is 27.7 Å². The summed E-state index contributed by atoms with van der Waals surface area (Å²) in [5.41, 5.74) is 0. The van der Waals surface area contributed by atoms with E-state index in [0.717, 1.165) is 35.5 Å². The maximum atomic E-state index is 2.43. The van der Waals surface area contributed by atoms with Crippen LogP contribution < -0.4 is 0 Å². The Kier molecular flexibility index (Phi) is 24.3. The first-order valence-electron chi connectivity index (χ1n) is 17.0. The van der Waals surface area contributed by atoms with Crippen LogP contribution in [0.15, 0.2) is 0 Å². The average molecular weight is 493 g/mol. The van der Waals surface area contributed by atoms with E-state index in [4.69, 9.17) is 0 Å². The van der Waals surface area contributed by atoms with Crippen molar-refractivity contribution >= 4 is 0 Å². The van der Waals surface area contributed by atoms with Crippen molar-refractivity contribution in [2.24, 2.45) is 35.5 Å². The molecule has 0 aromatic heterocycles. The summed E-state index contributed by atoms with van der Waals surface area (Å²) in [5.74, 6) is 6.35. The van der Waals surface area contributed by atoms with Crippen LogP contribution in [-0.4, -0.2) is 0 Å². The quantitative estimate of drug-likeness (QED) is 0.341. The van der Waals surface area contributed by atoms with Crippen LogP contribution in [0, 0.1) is 35.5 Å². The van der Waals surface area contributed by atoms with Crippen molar-refractivity contribution in [1.29, 1.82) is 0 Å². The Morgan fingerprint density at radius 2 is 0.457 bits per heavy atom. The van der Waals surface area contributed by atoms with Crippen LogP contribution in [0.1, 0.15) is 190 Å². The first-order chi connectivity index (χ1) is 17.0. The molecule has 0 radical (unpaired) electrons. The summed E-state index contributed by atoms with van der Waals surface area (Å²) in [7, 11) is 0. The predicted molar refractivity (Wildman–Crippen MR) is 163 cm³/mol. The molecular weight excluding hydrogens is 420 g/mol. The molecule has 35 heavy (non-hydrogen) atoms. The fraction of sp³-hybridized carbons (Fsp3) is 1.00. The van der Waals surface area contributed by atoms with E-state index in [0.29, 0.717) is 0 Å². The van der Waals surface area contributed by atoms with Gasteiger partial charge in [0.05, 0.1) is 0 Å². The number of rotatable bonds is 1. The smallest absolute Gasteiger partial charge is 0.0386 e. The third kappa shape index (κ3) is 18.8. The second-order valence-electron chi connectivity index (χ2n) is 12.6. The van der Waals surface area contributed by atoms with Gasteiger partial charge < -0.3 is 0 Å². The Morgan fingerprint density at radius 1 is 0.257 bits per heavy atom. The highest BCUT2D eigenvalue weighted by molar-refractivity contribution is 4.80. The summed E-state index contributed by atoms with van der Waals surface area (Å²) in [4.78, 5) is 0. The lowest BCUT2D eigenvalue weighted by Crippen LogP contribution is -2.24. The van der Waals surface area contributed by atoms with Gasteiger partial charge in [-0.3, -0.25) is 0 Å². The van der Waals surface area contributed by atoms with Crippen molar-refractivity contribution in [3.05, 3.63) is 0 Å². The fourth-order valence-corrected chi connectivity index (χ4v) is 6.20. The molecule has 0 amide bonds. The summed E-state index contributed by atoms with van der Waals surface area (Å²) in [6.07, 6.45) is 31.6. The van der Waals surface area contributed by atoms with Crippen molar-refractivity contribution in [2.75, 3.05) is 0 Å². The van der Waals surface area contributed by atoms with Gasteiger partial charge in [-0.15, -0.1) is 0 Å². The molecule has 0 unspecified atom stereocenters. The maximum absolute atomic E-state index is 2.43. The lowest BCUT2D eigenvalue weighted by molar-refractivity contribution is 0.155. The predicted octanol–water partition coefficient (Wildman–Crippen LogP) is 13.0. The standard InChI is InChI=1S/C14H26.C7H14.C6H12.C4H8.2C2H6/c1-11-3-7-13(8-4-11)14-9-5-12(2)6-10-14;1-7-5-3-2-4-6-7;1-6-4-2-3-5-6;1-2-4-3-1;2*1-2/h11-14H,3-10H2,1-2H3;7H,2-6H2,1H3;6H,2-5H2,1H3;1-4H2;2*1-2H3. The summed E-state index contributed by atoms with van der Waals surface area (Å²) < 4.78 is 0. The molecule has 0 spiro atoms. The van der Waals surface area contributed by atoms with Gasteiger partial charge in [-0.1, -0.05) is 165 Å². The van der Waals surface area contributed by atoms with Crippen LogP contribution in [0.3, 0.4) is 0 Å². The largest absolute Gasteiger partial charge is 0.0683 e. The van der Waals surface area contributed by atoms with Crippen molar-refractivity contribution in [2.45, 2.75) is 190 Å². The molecule has 0 heterocycles. The summed E-state index contributed by atoms with van der Waals surface area (Å²) in [5, 5.41) is 0. The molecule has 5 saturated carbocycles. The number of hydrogen-bond donors (Lipinski definition) is 0. The van der Waals surface area contributed by atoms with Gasteiger partial charge in [0.25, 0.3) is 0 Å². The summed E-state index contributed by atoms with van der Waals surface area (Å²) in [6, 6.07) is 0. The molecule has 0 nitrogen and oxygen atoms in total. The Labute approximate surface area is 225 Å². The Bertz CT molecular complexity index is 356. The summed E-state index contributed by atoms with van der Waals surface area (Å²) >= 11 is 0. The maximum Gasteiger partial charge on any atom is -0.0386 e. The highest BCUT2D eigenvalue weighted by Crippen LogP contribution is 2.41. The van der Waals surface area contributed by atoms with Gasteiger partial charge in [-0.05, 0) is 61.2 Å². The molecule has 0 heteroatoms. The van der Waals surface area contributed by atoms with Crippen LogP contribution in [0.5, 0.6) is 0 Å². The molecule has 0 aromatic carbocycles. The Balaban J connectivity index is 0.000000463. The van der Waals surface area contributed by atoms with E-state index in [1.165, 1.54) is 109 Å². The summed E-state index contributed by atoms with van der Waals surface area (Å²) in [6.45, 7) is 17.6. The third-order valence-corrected chi connectivity index (χ3v) is 9.33. The minimum absolute atomic E-state index is 1.02. The van der Waals surface area contributed by atoms with Crippen molar-refractivity contribution in [1.82, 2.24) is 0 Å². The lowest BCUT2D eigenvalue weighted by Gasteiger charge is -2.36. The van der Waals surface area contributed by atoms with Crippen LogP contribution in [0.2, 0.25) is 0 Å². The van der Waals surface area contributed by atoms with Crippen LogP contribution in [-0.2, 0) is 0 Å². The monoisotopic (exact) mass is 493 g/mol. The van der Waals surface area contributed by atoms with Crippen molar-refractivity contribution < 1.29 is 0 Å². The molecule has 5 fully saturated rings. The number of hydrogen-bond acceptors (Lipinski definition) is 0. The van der Waals surface area contributed by atoms with E-state index in [-0.39, 0.29) is 0 Å². The van der Waals surface area contributed by atoms with Crippen LogP contribution in [0.4, 0.5) is 0 Å². The minimum atomic E-state index is 1.02. The molecule has 212 valence electrons. The van der Waals surface area contributed by atoms with E-state index >= 15 is 0 Å². The highest BCUT2D eigenvalue weighted by Gasteiger charge is 2.28. The van der Waals surface area contributed by atoms with Crippen molar-refractivity contribution in [3.63, 3.8) is 0 Å². The van der Waals surface area contributed by atoms with Crippen LogP contribution in [0.25, 0.3) is 0 Å². The highest BCUT2D eigenvalue weighted by atomic mass is 14.3. The first-order valence-corrected chi connectivity index (χ1v) is 17.0. The van der Waals surface area contributed by atoms with Gasteiger partial charge in [0.15, 0.2) is 0 Å². The van der Waals surface area contributed by atoms with E-state index in [1.807, 2.05) is 27.7 Å². The molecule has 5 aliphatic carbocycles. The SMILES string of the molecule is C1CCC1.CC.CC.CC1CCC(C2CCC(C)CC2)CC1.CC1CCCC1.CC1CCCCC1. The van der Waals surface area contributed by atoms with Crippen molar-refractivity contribution in [3.8, 4) is 0 Å². The molecule has 5 aliphatic rings. The molecule has 0 aromatic rings. The van der Waals surface area contributed by atoms with E-state index < -0.39 is 0 Å². The zero-order valence-electron chi connectivity index (χ0n) is 26.3. The van der Waals surface area contributed by atoms with Gasteiger partial charge in [0.1, 0.15) is 0 Å². The van der Waals surface area contributed by atoms with E-state index in [9.17, 15) is 0 Å². The topological polar surface area (TPSA) is 0 Å². The minimum Gasteiger partial charge on any atom is -0.0683 e. The van der Waals surface area contributed by atoms with Gasteiger partial charge >= 0.3 is 0 Å². The second-order valence-corrected chi connectivity index (χ2v) is 12.6. The van der Waals surface area contributed by atoms with Gasteiger partial charge in [0, 0.05) is 0 Å². The molecule has 0 bridgehead atoms.